The Bertz CT molecular complexity index is 937. The molecule has 3 aliphatic rings. The number of anilines is 1. The molecule has 4 nitrogen and oxygen atoms in total. The Hall–Kier alpha value is -1.82. The van der Waals surface area contributed by atoms with Crippen LogP contribution >= 0.6 is 0 Å². The summed E-state index contributed by atoms with van der Waals surface area (Å²) in [5.41, 5.74) is 3.83. The van der Waals surface area contributed by atoms with Gasteiger partial charge in [0.25, 0.3) is 0 Å². The fourth-order valence-electron chi connectivity index (χ4n) is 4.29. The molecule has 142 valence electrons. The van der Waals surface area contributed by atoms with Gasteiger partial charge in [-0.1, -0.05) is 30.3 Å². The Labute approximate surface area is 162 Å². The molecule has 0 spiro atoms. The number of nitrogens with zero attached hydrogens (tertiary/aromatic N) is 1. The number of benzene rings is 2. The third kappa shape index (κ3) is 3.18. The van der Waals surface area contributed by atoms with E-state index in [2.05, 4.69) is 34.7 Å². The van der Waals surface area contributed by atoms with Crippen LogP contribution in [-0.2, 0) is 16.1 Å². The number of hydrogen-bond acceptors (Lipinski definition) is 3. The van der Waals surface area contributed by atoms with E-state index < -0.39 is 9.71 Å². The first-order chi connectivity index (χ1) is 13.1. The van der Waals surface area contributed by atoms with E-state index >= 15 is 0 Å². The van der Waals surface area contributed by atoms with Gasteiger partial charge in [-0.05, 0) is 54.0 Å². The van der Waals surface area contributed by atoms with Crippen molar-refractivity contribution < 1.29 is 4.21 Å². The van der Waals surface area contributed by atoms with Gasteiger partial charge in [0.2, 0.25) is 0 Å². The predicted octanol–water partition coefficient (Wildman–Crippen LogP) is 2.40. The third-order valence-electron chi connectivity index (χ3n) is 6.18. The minimum atomic E-state index is -2.48. The maximum Gasteiger partial charge on any atom is 0.0763 e. The monoisotopic (exact) mass is 381 g/mol. The van der Waals surface area contributed by atoms with Crippen LogP contribution in [0.1, 0.15) is 23.5 Å². The highest BCUT2D eigenvalue weighted by Gasteiger charge is 2.39. The van der Waals surface area contributed by atoms with Crippen LogP contribution in [0.25, 0.3) is 0 Å². The molecular weight excluding hydrogens is 354 g/mol. The minimum absolute atomic E-state index is 0.627. The summed E-state index contributed by atoms with van der Waals surface area (Å²) in [5, 5.41) is 7.05. The van der Waals surface area contributed by atoms with Crippen LogP contribution in [0.3, 0.4) is 0 Å². The van der Waals surface area contributed by atoms with E-state index in [1.165, 1.54) is 17.5 Å². The van der Waals surface area contributed by atoms with E-state index in [4.69, 9.17) is 0 Å². The van der Waals surface area contributed by atoms with Crippen LogP contribution in [0.5, 0.6) is 0 Å². The summed E-state index contributed by atoms with van der Waals surface area (Å²) in [5.74, 6) is 5.54. The average Bonchev–Trinajstić information content (AvgIpc) is 3.29. The molecule has 1 saturated carbocycles. The van der Waals surface area contributed by atoms with Gasteiger partial charge in [-0.3, -0.25) is 4.31 Å². The zero-order valence-electron chi connectivity index (χ0n) is 15.6. The van der Waals surface area contributed by atoms with Gasteiger partial charge >= 0.3 is 0 Å². The van der Waals surface area contributed by atoms with E-state index in [0.29, 0.717) is 12.0 Å². The molecule has 2 aromatic rings. The van der Waals surface area contributed by atoms with Crippen molar-refractivity contribution in [3.63, 3.8) is 0 Å². The van der Waals surface area contributed by atoms with Gasteiger partial charge in [0.05, 0.1) is 15.4 Å². The van der Waals surface area contributed by atoms with E-state index in [1.54, 1.807) is 0 Å². The fraction of sp³-hybridized carbons (Fsp3) is 0.409. The third-order valence-corrected chi connectivity index (χ3v) is 8.28. The highest BCUT2D eigenvalue weighted by Crippen LogP contribution is 2.43. The number of rotatable bonds is 6. The van der Waals surface area contributed by atoms with Gasteiger partial charge in [0.15, 0.2) is 0 Å². The van der Waals surface area contributed by atoms with Crippen LogP contribution in [0.4, 0.5) is 5.69 Å². The van der Waals surface area contributed by atoms with Gasteiger partial charge < -0.3 is 10.6 Å². The maximum absolute atomic E-state index is 13.4. The van der Waals surface area contributed by atoms with Crippen molar-refractivity contribution in [3.05, 3.63) is 59.7 Å². The summed E-state index contributed by atoms with van der Waals surface area (Å²) in [6, 6.07) is 17.0. The van der Waals surface area contributed by atoms with Gasteiger partial charge in [-0.2, -0.15) is 0 Å². The quantitative estimate of drug-likeness (QED) is 0.756. The lowest BCUT2D eigenvalue weighted by Crippen LogP contribution is -2.47. The molecule has 5 heteroatoms. The highest BCUT2D eigenvalue weighted by molar-refractivity contribution is 8.01. The van der Waals surface area contributed by atoms with Crippen molar-refractivity contribution in [2.24, 2.45) is 5.92 Å². The summed E-state index contributed by atoms with van der Waals surface area (Å²) in [7, 11) is -2.48. The smallest absolute Gasteiger partial charge is 0.0763 e. The summed E-state index contributed by atoms with van der Waals surface area (Å²) in [4.78, 5) is 0.805. The second-order valence-corrected chi connectivity index (χ2v) is 10.3. The molecule has 0 amide bonds. The standard InChI is InChI=1S/C22H27N3OS/c1-27(26,19-5-3-2-4-6-19)25-10-9-18-11-17(7-8-22(18)25)20-12-21(20)24-15-16-13-23-14-16/h2-8,11,16,20-21,23-24H,1,9-10,12-15H2. The Kier molecular flexibility index (Phi) is 4.26. The van der Waals surface area contributed by atoms with Crippen LogP contribution < -0.4 is 14.9 Å². The first kappa shape index (κ1) is 17.3. The number of nitrogens with one attached hydrogen (secondary N) is 2. The van der Waals surface area contributed by atoms with Crippen LogP contribution in [0.15, 0.2) is 53.4 Å². The van der Waals surface area contributed by atoms with Crippen molar-refractivity contribution >= 4 is 21.3 Å². The minimum Gasteiger partial charge on any atom is -0.316 e. The molecule has 0 radical (unpaired) electrons. The molecule has 3 atom stereocenters. The normalized spacial score (nSPS) is 26.3. The largest absolute Gasteiger partial charge is 0.316 e. The molecule has 5 rings (SSSR count). The molecule has 2 N–H and O–H groups in total. The zero-order valence-corrected chi connectivity index (χ0v) is 16.4. The van der Waals surface area contributed by atoms with Crippen molar-refractivity contribution in [1.29, 1.82) is 0 Å². The Balaban J connectivity index is 1.31. The van der Waals surface area contributed by atoms with Crippen LogP contribution in [-0.4, -0.2) is 42.3 Å². The Morgan fingerprint density at radius 3 is 2.74 bits per heavy atom. The van der Waals surface area contributed by atoms with E-state index in [-0.39, 0.29) is 0 Å². The van der Waals surface area contributed by atoms with Gasteiger partial charge in [-0.25, -0.2) is 4.21 Å². The Morgan fingerprint density at radius 1 is 1.19 bits per heavy atom. The van der Waals surface area contributed by atoms with Crippen molar-refractivity contribution in [3.8, 4) is 0 Å². The number of hydrogen-bond donors (Lipinski definition) is 2. The Morgan fingerprint density at radius 2 is 2.00 bits per heavy atom. The molecule has 0 bridgehead atoms. The van der Waals surface area contributed by atoms with Crippen molar-refractivity contribution in [2.45, 2.75) is 29.7 Å². The van der Waals surface area contributed by atoms with Crippen LogP contribution in [0.2, 0.25) is 0 Å². The second kappa shape index (κ2) is 6.66. The highest BCUT2D eigenvalue weighted by atomic mass is 32.2. The molecule has 2 fully saturated rings. The zero-order chi connectivity index (χ0) is 18.4. The molecule has 1 saturated heterocycles. The molecular formula is C22H27N3OS. The van der Waals surface area contributed by atoms with Gasteiger partial charge in [0.1, 0.15) is 0 Å². The van der Waals surface area contributed by atoms with Crippen molar-refractivity contribution in [1.82, 2.24) is 10.6 Å². The predicted molar refractivity (Wildman–Crippen MR) is 113 cm³/mol. The van der Waals surface area contributed by atoms with E-state index in [1.807, 2.05) is 34.6 Å². The van der Waals surface area contributed by atoms with Crippen LogP contribution in [0, 0.1) is 5.92 Å². The first-order valence-corrected chi connectivity index (χ1v) is 11.6. The van der Waals surface area contributed by atoms with E-state index in [0.717, 1.165) is 49.1 Å². The SMILES string of the molecule is C=S(=O)(c1ccccc1)N1CCc2cc(C3CC3NCC3CNC3)ccc21. The lowest BCUT2D eigenvalue weighted by atomic mass is 10.0. The molecule has 0 aromatic heterocycles. The summed E-state index contributed by atoms with van der Waals surface area (Å²) < 4.78 is 15.4. The van der Waals surface area contributed by atoms with E-state index in [9.17, 15) is 4.21 Å². The lowest BCUT2D eigenvalue weighted by molar-refractivity contribution is 0.330. The fourth-order valence-corrected chi connectivity index (χ4v) is 6.01. The molecule has 2 aliphatic heterocycles. The first-order valence-electron chi connectivity index (χ1n) is 9.90. The topological polar surface area (TPSA) is 44.4 Å². The number of fused-ring (bicyclic) bond motifs is 1. The summed E-state index contributed by atoms with van der Waals surface area (Å²) >= 11 is 0. The average molecular weight is 382 g/mol. The summed E-state index contributed by atoms with van der Waals surface area (Å²) in [6.07, 6.45) is 2.18. The molecule has 2 heterocycles. The molecule has 2 aromatic carbocycles. The lowest BCUT2D eigenvalue weighted by Gasteiger charge is -2.27. The molecule has 27 heavy (non-hydrogen) atoms. The van der Waals surface area contributed by atoms with Gasteiger partial charge in [0, 0.05) is 43.0 Å². The maximum atomic E-state index is 13.4. The van der Waals surface area contributed by atoms with Gasteiger partial charge in [-0.15, -0.1) is 0 Å². The molecule has 1 aliphatic carbocycles. The molecule has 3 unspecified atom stereocenters. The summed E-state index contributed by atoms with van der Waals surface area (Å²) in [6.45, 7) is 4.22. The van der Waals surface area contributed by atoms with Crippen molar-refractivity contribution in [2.75, 3.05) is 30.5 Å². The second-order valence-electron chi connectivity index (χ2n) is 8.07.